The van der Waals surface area contributed by atoms with Gasteiger partial charge in [0.25, 0.3) is 0 Å². The number of hydrogen-bond acceptors (Lipinski definition) is 5. The minimum Gasteiger partial charge on any atom is -0.302 e. The van der Waals surface area contributed by atoms with Gasteiger partial charge in [0.15, 0.2) is 9.84 Å². The van der Waals surface area contributed by atoms with Crippen molar-refractivity contribution in [3.05, 3.63) is 24.3 Å². The van der Waals surface area contributed by atoms with Crippen molar-refractivity contribution in [2.75, 3.05) is 26.4 Å². The Balaban J connectivity index is 2.89. The molecule has 0 heterocycles. The number of nitrogens with zero attached hydrogens (tertiary/aromatic N) is 1. The summed E-state index contributed by atoms with van der Waals surface area (Å²) in [6.45, 7) is 4.90. The average Bonchev–Trinajstić information content (AvgIpc) is 2.45. The van der Waals surface area contributed by atoms with Crippen molar-refractivity contribution in [1.29, 1.82) is 0 Å². The molecule has 1 N–H and O–H groups in total. The minimum atomic E-state index is -3.86. The molecular weight excluding hydrogens is 324 g/mol. The third-order valence-electron chi connectivity index (χ3n) is 3.64. The van der Waals surface area contributed by atoms with Crippen LogP contribution >= 0.6 is 0 Å². The Morgan fingerprint density at radius 2 is 1.68 bits per heavy atom. The van der Waals surface area contributed by atoms with Crippen molar-refractivity contribution in [1.82, 2.24) is 9.62 Å². The maximum absolute atomic E-state index is 12.3. The zero-order chi connectivity index (χ0) is 17.0. The second-order valence-corrected chi connectivity index (χ2v) is 9.07. The van der Waals surface area contributed by atoms with E-state index in [-0.39, 0.29) is 16.3 Å². The highest BCUT2D eigenvalue weighted by Crippen LogP contribution is 2.20. The van der Waals surface area contributed by atoms with Gasteiger partial charge in [-0.1, -0.05) is 19.1 Å². The van der Waals surface area contributed by atoms with E-state index in [2.05, 4.69) is 18.6 Å². The van der Waals surface area contributed by atoms with Crippen LogP contribution in [0.5, 0.6) is 0 Å². The van der Waals surface area contributed by atoms with Crippen molar-refractivity contribution in [3.63, 3.8) is 0 Å². The summed E-state index contributed by atoms with van der Waals surface area (Å²) >= 11 is 0. The predicted molar refractivity (Wildman–Crippen MR) is 87.1 cm³/mol. The first-order valence-corrected chi connectivity index (χ1v) is 10.5. The lowest BCUT2D eigenvalue weighted by molar-refractivity contribution is 0.256. The van der Waals surface area contributed by atoms with Gasteiger partial charge in [-0.3, -0.25) is 0 Å². The van der Waals surface area contributed by atoms with Gasteiger partial charge < -0.3 is 4.90 Å². The second kappa shape index (κ2) is 7.54. The van der Waals surface area contributed by atoms with Crippen molar-refractivity contribution in [2.45, 2.75) is 36.1 Å². The summed E-state index contributed by atoms with van der Waals surface area (Å²) in [6, 6.07) is 5.97. The van der Waals surface area contributed by atoms with Gasteiger partial charge in [0, 0.05) is 25.4 Å². The molecule has 0 aliphatic carbocycles. The number of benzene rings is 1. The lowest BCUT2D eigenvalue weighted by Crippen LogP contribution is -2.37. The molecule has 126 valence electrons. The number of nitrogens with one attached hydrogen (secondary N) is 1. The molecule has 0 radical (unpaired) electrons. The standard InChI is InChI=1S/C14H24N2O4S2/c1-5-12(2)16(3)11-10-15-22(19,20)14-9-7-6-8-13(14)21(4,17)18/h6-9,12,15H,5,10-11H2,1-4H3/t12-/m1/s1. The molecule has 0 fully saturated rings. The number of likely N-dealkylation sites (N-methyl/N-ethyl adjacent to an activating group) is 1. The summed E-state index contributed by atoms with van der Waals surface area (Å²) in [5.41, 5.74) is 0. The molecule has 0 amide bonds. The van der Waals surface area contributed by atoms with Crippen LogP contribution in [0, 0.1) is 0 Å². The molecule has 22 heavy (non-hydrogen) atoms. The van der Waals surface area contributed by atoms with Gasteiger partial charge in [0.05, 0.1) is 4.90 Å². The van der Waals surface area contributed by atoms with Crippen LogP contribution in [0.3, 0.4) is 0 Å². The Morgan fingerprint density at radius 3 is 2.18 bits per heavy atom. The van der Waals surface area contributed by atoms with Gasteiger partial charge in [-0.25, -0.2) is 21.6 Å². The fourth-order valence-electron chi connectivity index (χ4n) is 1.94. The molecule has 0 aliphatic rings. The van der Waals surface area contributed by atoms with Crippen LogP contribution in [-0.4, -0.2) is 54.2 Å². The summed E-state index contributed by atoms with van der Waals surface area (Å²) in [7, 11) is -5.54. The van der Waals surface area contributed by atoms with Crippen molar-refractivity contribution in [2.24, 2.45) is 0 Å². The van der Waals surface area contributed by atoms with E-state index in [9.17, 15) is 16.8 Å². The first kappa shape index (κ1) is 19.1. The van der Waals surface area contributed by atoms with E-state index in [1.165, 1.54) is 24.3 Å². The van der Waals surface area contributed by atoms with E-state index in [4.69, 9.17) is 0 Å². The van der Waals surface area contributed by atoms with E-state index >= 15 is 0 Å². The first-order valence-electron chi connectivity index (χ1n) is 7.08. The molecule has 1 aromatic rings. The highest BCUT2D eigenvalue weighted by atomic mass is 32.2. The van der Waals surface area contributed by atoms with Crippen LogP contribution < -0.4 is 4.72 Å². The molecule has 1 rings (SSSR count). The summed E-state index contributed by atoms with van der Waals surface area (Å²) in [6.07, 6.45) is 1.97. The van der Waals surface area contributed by atoms with Crippen LogP contribution in [0.1, 0.15) is 20.3 Å². The van der Waals surface area contributed by atoms with Crippen molar-refractivity contribution in [3.8, 4) is 0 Å². The third kappa shape index (κ3) is 5.05. The normalized spacial score (nSPS) is 14.2. The fourth-order valence-corrected chi connectivity index (χ4v) is 4.59. The smallest absolute Gasteiger partial charge is 0.241 e. The van der Waals surface area contributed by atoms with Crippen LogP contribution in [0.4, 0.5) is 0 Å². The van der Waals surface area contributed by atoms with Crippen LogP contribution in [0.2, 0.25) is 0 Å². The zero-order valence-electron chi connectivity index (χ0n) is 13.4. The van der Waals surface area contributed by atoms with E-state index in [1.807, 2.05) is 11.9 Å². The summed E-state index contributed by atoms with van der Waals surface area (Å²) < 4.78 is 50.5. The van der Waals surface area contributed by atoms with Crippen LogP contribution in [0.25, 0.3) is 0 Å². The van der Waals surface area contributed by atoms with Gasteiger partial charge >= 0.3 is 0 Å². The molecule has 6 nitrogen and oxygen atoms in total. The zero-order valence-corrected chi connectivity index (χ0v) is 15.0. The van der Waals surface area contributed by atoms with E-state index in [0.29, 0.717) is 12.6 Å². The van der Waals surface area contributed by atoms with Gasteiger partial charge in [0.2, 0.25) is 10.0 Å². The maximum Gasteiger partial charge on any atom is 0.241 e. The van der Waals surface area contributed by atoms with Crippen molar-refractivity contribution >= 4 is 19.9 Å². The Morgan fingerprint density at radius 1 is 1.14 bits per heavy atom. The van der Waals surface area contributed by atoms with Gasteiger partial charge in [-0.2, -0.15) is 0 Å². The van der Waals surface area contributed by atoms with E-state index in [0.717, 1.165) is 12.7 Å². The summed E-state index contributed by atoms with van der Waals surface area (Å²) in [5.74, 6) is 0. The monoisotopic (exact) mass is 348 g/mol. The largest absolute Gasteiger partial charge is 0.302 e. The van der Waals surface area contributed by atoms with Crippen LogP contribution in [-0.2, 0) is 19.9 Å². The number of sulfonamides is 1. The fraction of sp³-hybridized carbons (Fsp3) is 0.571. The number of sulfone groups is 1. The number of rotatable bonds is 8. The van der Waals surface area contributed by atoms with Crippen LogP contribution in [0.15, 0.2) is 34.1 Å². The Kier molecular flexibility index (Phi) is 6.54. The predicted octanol–water partition coefficient (Wildman–Crippen LogP) is 1.10. The summed E-state index contributed by atoms with van der Waals surface area (Å²) in [4.78, 5) is 1.66. The topological polar surface area (TPSA) is 83.6 Å². The Hall–Kier alpha value is -0.960. The maximum atomic E-state index is 12.3. The molecule has 0 spiro atoms. The highest BCUT2D eigenvalue weighted by Gasteiger charge is 2.23. The molecule has 0 saturated carbocycles. The molecule has 0 aromatic heterocycles. The van der Waals surface area contributed by atoms with Crippen molar-refractivity contribution < 1.29 is 16.8 Å². The molecule has 0 saturated heterocycles. The molecule has 1 aromatic carbocycles. The quantitative estimate of drug-likeness (QED) is 0.760. The SMILES string of the molecule is CC[C@@H](C)N(C)CCNS(=O)(=O)c1ccccc1S(C)(=O)=O. The third-order valence-corrected chi connectivity index (χ3v) is 6.44. The molecule has 8 heteroatoms. The van der Waals surface area contributed by atoms with Gasteiger partial charge in [-0.05, 0) is 32.5 Å². The molecule has 0 bridgehead atoms. The lowest BCUT2D eigenvalue weighted by Gasteiger charge is -2.23. The van der Waals surface area contributed by atoms with E-state index < -0.39 is 19.9 Å². The molecule has 0 aliphatic heterocycles. The first-order chi connectivity index (χ1) is 10.1. The second-order valence-electron chi connectivity index (χ2n) is 5.35. The Labute approximate surface area is 133 Å². The Bertz CT molecular complexity index is 699. The average molecular weight is 348 g/mol. The number of hydrogen-bond donors (Lipinski definition) is 1. The summed E-state index contributed by atoms with van der Waals surface area (Å²) in [5, 5.41) is 0. The molecule has 1 atom stereocenters. The lowest BCUT2D eigenvalue weighted by atomic mass is 10.2. The molecular formula is C14H24N2O4S2. The van der Waals surface area contributed by atoms with Gasteiger partial charge in [0.1, 0.15) is 4.90 Å². The van der Waals surface area contributed by atoms with E-state index in [1.54, 1.807) is 0 Å². The van der Waals surface area contributed by atoms with Gasteiger partial charge in [-0.15, -0.1) is 0 Å². The molecule has 0 unspecified atom stereocenters. The highest BCUT2D eigenvalue weighted by molar-refractivity contribution is 7.93. The minimum absolute atomic E-state index is 0.183.